The van der Waals surface area contributed by atoms with Gasteiger partial charge in [-0.2, -0.15) is 5.26 Å². The lowest BCUT2D eigenvalue weighted by Crippen LogP contribution is -1.98. The molecule has 0 radical (unpaired) electrons. The molecule has 0 spiro atoms. The van der Waals surface area contributed by atoms with Crippen LogP contribution in [0.25, 0.3) is 0 Å². The van der Waals surface area contributed by atoms with E-state index in [9.17, 15) is 4.79 Å². The number of hydrogen-bond acceptors (Lipinski definition) is 3. The summed E-state index contributed by atoms with van der Waals surface area (Å²) in [7, 11) is 0. The first kappa shape index (κ1) is 10.3. The fourth-order valence-corrected chi connectivity index (χ4v) is 1.18. The van der Waals surface area contributed by atoms with Gasteiger partial charge in [0.15, 0.2) is 5.78 Å². The molecule has 0 fully saturated rings. The number of ketones is 1. The largest absolute Gasteiger partial charge is 0.494 e. The van der Waals surface area contributed by atoms with Gasteiger partial charge >= 0.3 is 0 Å². The zero-order valence-electron chi connectivity index (χ0n) is 8.20. The van der Waals surface area contributed by atoms with Gasteiger partial charge in [-0.3, -0.25) is 4.79 Å². The Hall–Kier alpha value is -1.82. The van der Waals surface area contributed by atoms with Gasteiger partial charge in [0.1, 0.15) is 11.8 Å². The molecule has 0 saturated carbocycles. The predicted molar refractivity (Wildman–Crippen MR) is 52.3 cm³/mol. The summed E-state index contributed by atoms with van der Waals surface area (Å²) in [6.45, 7) is 3.85. The highest BCUT2D eigenvalue weighted by Crippen LogP contribution is 2.17. The number of hydrogen-bond donors (Lipinski definition) is 0. The topological polar surface area (TPSA) is 50.1 Å². The highest BCUT2D eigenvalue weighted by atomic mass is 16.5. The molecule has 0 amide bonds. The first-order valence-electron chi connectivity index (χ1n) is 4.37. The number of ether oxygens (including phenoxy) is 1. The molecule has 0 N–H and O–H groups in total. The summed E-state index contributed by atoms with van der Waals surface area (Å²) in [5.74, 6) is 0.513. The van der Waals surface area contributed by atoms with Crippen molar-refractivity contribution in [3.8, 4) is 11.8 Å². The second-order valence-electron chi connectivity index (χ2n) is 2.81. The quantitative estimate of drug-likeness (QED) is 0.684. The van der Waals surface area contributed by atoms with Crippen molar-refractivity contribution >= 4 is 5.78 Å². The third-order valence-corrected chi connectivity index (χ3v) is 1.80. The summed E-state index contributed by atoms with van der Waals surface area (Å²) in [5.41, 5.74) is 0.805. The van der Waals surface area contributed by atoms with Crippen molar-refractivity contribution < 1.29 is 9.53 Å². The molecule has 0 heterocycles. The summed E-state index contributed by atoms with van der Waals surface area (Å²) >= 11 is 0. The standard InChI is InChI=1S/C11H11NO2/c1-3-14-10-4-5-11(8(2)13)9(6-10)7-12/h4-6H,3H2,1-2H3. The second kappa shape index (κ2) is 4.43. The van der Waals surface area contributed by atoms with Gasteiger partial charge in [-0.25, -0.2) is 0 Å². The molecule has 1 aromatic carbocycles. The minimum Gasteiger partial charge on any atom is -0.494 e. The lowest BCUT2D eigenvalue weighted by Gasteiger charge is -2.04. The molecule has 1 rings (SSSR count). The SMILES string of the molecule is CCOc1ccc(C(C)=O)c(C#N)c1. The fourth-order valence-electron chi connectivity index (χ4n) is 1.18. The van der Waals surface area contributed by atoms with E-state index in [1.54, 1.807) is 18.2 Å². The molecule has 0 atom stereocenters. The Morgan fingerprint density at radius 1 is 1.57 bits per heavy atom. The Morgan fingerprint density at radius 2 is 2.29 bits per heavy atom. The number of carbonyl (C=O) groups excluding carboxylic acids is 1. The van der Waals surface area contributed by atoms with Crippen LogP contribution in [0.15, 0.2) is 18.2 Å². The maximum atomic E-state index is 11.1. The van der Waals surface area contributed by atoms with Crippen LogP contribution in [0.2, 0.25) is 0 Å². The van der Waals surface area contributed by atoms with Crippen LogP contribution < -0.4 is 4.74 Å². The van der Waals surface area contributed by atoms with E-state index < -0.39 is 0 Å². The van der Waals surface area contributed by atoms with Gasteiger partial charge in [0.05, 0.1) is 12.2 Å². The van der Waals surface area contributed by atoms with E-state index in [4.69, 9.17) is 10.00 Å². The van der Waals surface area contributed by atoms with Gasteiger partial charge in [0, 0.05) is 5.56 Å². The highest BCUT2D eigenvalue weighted by Gasteiger charge is 2.07. The number of carbonyl (C=O) groups is 1. The van der Waals surface area contributed by atoms with Gasteiger partial charge in [-0.15, -0.1) is 0 Å². The number of nitrogens with zero attached hydrogens (tertiary/aromatic N) is 1. The lowest BCUT2D eigenvalue weighted by molar-refractivity contribution is 0.101. The summed E-state index contributed by atoms with van der Waals surface area (Å²) in [6, 6.07) is 6.87. The molecule has 1 aromatic rings. The first-order chi connectivity index (χ1) is 6.69. The zero-order valence-corrected chi connectivity index (χ0v) is 8.20. The molecular formula is C11H11NO2. The van der Waals surface area contributed by atoms with E-state index in [1.807, 2.05) is 13.0 Å². The Bertz CT molecular complexity index is 391. The average Bonchev–Trinajstić information content (AvgIpc) is 2.17. The zero-order chi connectivity index (χ0) is 10.6. The number of nitriles is 1. The molecule has 3 nitrogen and oxygen atoms in total. The first-order valence-corrected chi connectivity index (χ1v) is 4.37. The van der Waals surface area contributed by atoms with Crippen molar-refractivity contribution in [3.05, 3.63) is 29.3 Å². The minimum atomic E-state index is -0.107. The maximum Gasteiger partial charge on any atom is 0.161 e. The third-order valence-electron chi connectivity index (χ3n) is 1.80. The van der Waals surface area contributed by atoms with Crippen LogP contribution in [0.5, 0.6) is 5.75 Å². The molecule has 0 saturated heterocycles. The van der Waals surface area contributed by atoms with Crippen LogP contribution in [0, 0.1) is 11.3 Å². The summed E-state index contributed by atoms with van der Waals surface area (Å²) in [6.07, 6.45) is 0. The minimum absolute atomic E-state index is 0.107. The average molecular weight is 189 g/mol. The molecule has 0 unspecified atom stereocenters. The Balaban J connectivity index is 3.13. The van der Waals surface area contributed by atoms with Gasteiger partial charge in [0.25, 0.3) is 0 Å². The number of benzene rings is 1. The molecule has 72 valence electrons. The molecule has 0 bridgehead atoms. The molecule has 0 aromatic heterocycles. The van der Waals surface area contributed by atoms with Crippen molar-refractivity contribution in [2.45, 2.75) is 13.8 Å². The predicted octanol–water partition coefficient (Wildman–Crippen LogP) is 2.16. The molecule has 0 aliphatic rings. The number of Topliss-reactive ketones (excluding diaryl/α,β-unsaturated/α-hetero) is 1. The van der Waals surface area contributed by atoms with E-state index in [0.29, 0.717) is 23.5 Å². The third kappa shape index (κ3) is 2.11. The summed E-state index contributed by atoms with van der Waals surface area (Å²) < 4.78 is 5.22. The summed E-state index contributed by atoms with van der Waals surface area (Å²) in [5, 5.41) is 8.80. The van der Waals surface area contributed by atoms with Crippen molar-refractivity contribution in [2.75, 3.05) is 6.61 Å². The molecule has 14 heavy (non-hydrogen) atoms. The molecular weight excluding hydrogens is 178 g/mol. The maximum absolute atomic E-state index is 11.1. The van der Waals surface area contributed by atoms with E-state index in [2.05, 4.69) is 0 Å². The van der Waals surface area contributed by atoms with Gasteiger partial charge in [-0.05, 0) is 32.0 Å². The van der Waals surface area contributed by atoms with Gasteiger partial charge in [0.2, 0.25) is 0 Å². The number of rotatable bonds is 3. The van der Waals surface area contributed by atoms with Crippen molar-refractivity contribution in [1.82, 2.24) is 0 Å². The Morgan fingerprint density at radius 3 is 2.79 bits per heavy atom. The van der Waals surface area contributed by atoms with Crippen LogP contribution in [-0.2, 0) is 0 Å². The molecule has 3 heteroatoms. The van der Waals surface area contributed by atoms with E-state index >= 15 is 0 Å². The Labute approximate surface area is 82.9 Å². The molecule has 0 aliphatic carbocycles. The van der Waals surface area contributed by atoms with E-state index in [-0.39, 0.29) is 5.78 Å². The lowest BCUT2D eigenvalue weighted by atomic mass is 10.1. The smallest absolute Gasteiger partial charge is 0.161 e. The van der Waals surface area contributed by atoms with Crippen LogP contribution in [0.4, 0.5) is 0 Å². The van der Waals surface area contributed by atoms with Crippen molar-refractivity contribution in [2.24, 2.45) is 0 Å². The molecule has 0 aliphatic heterocycles. The second-order valence-corrected chi connectivity index (χ2v) is 2.81. The monoisotopic (exact) mass is 189 g/mol. The highest BCUT2D eigenvalue weighted by molar-refractivity contribution is 5.96. The van der Waals surface area contributed by atoms with Crippen LogP contribution in [0.1, 0.15) is 29.8 Å². The van der Waals surface area contributed by atoms with E-state index in [1.165, 1.54) is 6.92 Å². The van der Waals surface area contributed by atoms with Crippen molar-refractivity contribution in [1.29, 1.82) is 5.26 Å². The van der Waals surface area contributed by atoms with Gasteiger partial charge < -0.3 is 4.74 Å². The van der Waals surface area contributed by atoms with Gasteiger partial charge in [-0.1, -0.05) is 0 Å². The Kier molecular flexibility index (Phi) is 3.24. The van der Waals surface area contributed by atoms with Crippen LogP contribution in [-0.4, -0.2) is 12.4 Å². The van der Waals surface area contributed by atoms with E-state index in [0.717, 1.165) is 0 Å². The normalized spacial score (nSPS) is 9.21. The fraction of sp³-hybridized carbons (Fsp3) is 0.273. The van der Waals surface area contributed by atoms with Crippen molar-refractivity contribution in [3.63, 3.8) is 0 Å². The summed E-state index contributed by atoms with van der Waals surface area (Å²) in [4.78, 5) is 11.1. The van der Waals surface area contributed by atoms with Crippen LogP contribution in [0.3, 0.4) is 0 Å². The van der Waals surface area contributed by atoms with Crippen LogP contribution >= 0.6 is 0 Å².